The second kappa shape index (κ2) is 8.15. The summed E-state index contributed by atoms with van der Waals surface area (Å²) < 4.78 is 0. The minimum absolute atomic E-state index is 0.662. The molecule has 15 heavy (non-hydrogen) atoms. The predicted molar refractivity (Wildman–Crippen MR) is 70.2 cm³/mol. The smallest absolute Gasteiger partial charge is 0.00720 e. The van der Waals surface area contributed by atoms with E-state index in [0.29, 0.717) is 6.04 Å². The summed E-state index contributed by atoms with van der Waals surface area (Å²) in [4.78, 5) is 0. The zero-order valence-electron chi connectivity index (χ0n) is 11.6. The number of rotatable bonds is 8. The van der Waals surface area contributed by atoms with Gasteiger partial charge in [-0.25, -0.2) is 0 Å². The van der Waals surface area contributed by atoms with Crippen LogP contribution in [0.15, 0.2) is 0 Å². The molecule has 0 saturated carbocycles. The molecule has 0 aromatic rings. The molecule has 0 fully saturated rings. The molecule has 0 saturated heterocycles. The molecule has 0 aromatic carbocycles. The molecule has 0 aliphatic heterocycles. The van der Waals surface area contributed by atoms with Gasteiger partial charge in [0.2, 0.25) is 0 Å². The summed E-state index contributed by atoms with van der Waals surface area (Å²) in [6, 6.07) is 0.662. The van der Waals surface area contributed by atoms with E-state index >= 15 is 0 Å². The van der Waals surface area contributed by atoms with Crippen molar-refractivity contribution in [3.63, 3.8) is 0 Å². The minimum atomic E-state index is 0.662. The van der Waals surface area contributed by atoms with Gasteiger partial charge in [0.15, 0.2) is 0 Å². The molecule has 3 atom stereocenters. The fourth-order valence-corrected chi connectivity index (χ4v) is 2.93. The molecule has 0 aliphatic rings. The maximum absolute atomic E-state index is 3.61. The molecule has 0 aliphatic carbocycles. The second-order valence-corrected chi connectivity index (χ2v) is 4.89. The molecule has 1 N–H and O–H groups in total. The third kappa shape index (κ3) is 4.55. The molecule has 0 rings (SSSR count). The van der Waals surface area contributed by atoms with Crippen molar-refractivity contribution in [3.8, 4) is 0 Å². The van der Waals surface area contributed by atoms with Crippen LogP contribution in [0.4, 0.5) is 0 Å². The summed E-state index contributed by atoms with van der Waals surface area (Å²) >= 11 is 0. The van der Waals surface area contributed by atoms with Gasteiger partial charge in [-0.1, -0.05) is 53.9 Å². The van der Waals surface area contributed by atoms with Crippen LogP contribution in [0.25, 0.3) is 0 Å². The Hall–Kier alpha value is -0.0400. The molecule has 92 valence electrons. The van der Waals surface area contributed by atoms with E-state index < -0.39 is 0 Å². The Balaban J connectivity index is 4.54. The minimum Gasteiger partial charge on any atom is -0.314 e. The molecule has 0 radical (unpaired) electrons. The normalized spacial score (nSPS) is 17.8. The van der Waals surface area contributed by atoms with Gasteiger partial charge in [-0.05, 0) is 31.2 Å². The number of hydrogen-bond donors (Lipinski definition) is 1. The zero-order chi connectivity index (χ0) is 11.8. The molecular weight excluding hydrogens is 182 g/mol. The van der Waals surface area contributed by atoms with Gasteiger partial charge in [-0.3, -0.25) is 0 Å². The highest BCUT2D eigenvalue weighted by atomic mass is 14.9. The molecule has 0 bridgehead atoms. The fraction of sp³-hybridized carbons (Fsp3) is 1.00. The molecule has 0 aromatic heterocycles. The molecule has 3 unspecified atom stereocenters. The van der Waals surface area contributed by atoms with Gasteiger partial charge in [0.05, 0.1) is 0 Å². The first-order valence-electron chi connectivity index (χ1n) is 6.85. The van der Waals surface area contributed by atoms with Gasteiger partial charge in [-0.15, -0.1) is 0 Å². The Morgan fingerprint density at radius 1 is 0.867 bits per heavy atom. The summed E-state index contributed by atoms with van der Waals surface area (Å²) in [7, 11) is 0. The lowest BCUT2D eigenvalue weighted by molar-refractivity contribution is 0.171. The Morgan fingerprint density at radius 3 is 1.73 bits per heavy atom. The van der Waals surface area contributed by atoms with Crippen molar-refractivity contribution < 1.29 is 0 Å². The SMILES string of the molecule is CCNC(C)C(C(C)CC)C(CC)CC. The van der Waals surface area contributed by atoms with Crippen molar-refractivity contribution >= 4 is 0 Å². The fourth-order valence-electron chi connectivity index (χ4n) is 2.93. The van der Waals surface area contributed by atoms with Crippen molar-refractivity contribution in [1.82, 2.24) is 5.32 Å². The van der Waals surface area contributed by atoms with E-state index in [1.54, 1.807) is 0 Å². The molecule has 1 heteroatoms. The van der Waals surface area contributed by atoms with Crippen LogP contribution in [0.5, 0.6) is 0 Å². The molecule has 0 heterocycles. The van der Waals surface area contributed by atoms with Crippen LogP contribution in [0.2, 0.25) is 0 Å². The highest BCUT2D eigenvalue weighted by Gasteiger charge is 2.28. The summed E-state index contributed by atoms with van der Waals surface area (Å²) in [5, 5.41) is 3.61. The van der Waals surface area contributed by atoms with Gasteiger partial charge >= 0.3 is 0 Å². The van der Waals surface area contributed by atoms with Gasteiger partial charge in [0.1, 0.15) is 0 Å². The molecule has 0 amide bonds. The van der Waals surface area contributed by atoms with E-state index in [1.165, 1.54) is 19.3 Å². The Bertz CT molecular complexity index is 140. The van der Waals surface area contributed by atoms with Gasteiger partial charge < -0.3 is 5.32 Å². The van der Waals surface area contributed by atoms with Crippen molar-refractivity contribution in [2.45, 2.75) is 66.8 Å². The monoisotopic (exact) mass is 213 g/mol. The zero-order valence-corrected chi connectivity index (χ0v) is 11.6. The second-order valence-electron chi connectivity index (χ2n) is 4.89. The largest absolute Gasteiger partial charge is 0.314 e. The average Bonchev–Trinajstić information content (AvgIpc) is 2.24. The molecule has 1 nitrogen and oxygen atoms in total. The topological polar surface area (TPSA) is 12.0 Å². The van der Waals surface area contributed by atoms with E-state index in [1.807, 2.05) is 0 Å². The van der Waals surface area contributed by atoms with E-state index in [9.17, 15) is 0 Å². The maximum atomic E-state index is 3.61. The quantitative estimate of drug-likeness (QED) is 0.640. The standard InChI is InChI=1S/C14H31N/c1-7-11(5)14(12(6)15-10-4)13(8-2)9-3/h11-15H,7-10H2,1-6H3. The van der Waals surface area contributed by atoms with Crippen LogP contribution in [0.1, 0.15) is 60.8 Å². The van der Waals surface area contributed by atoms with Crippen molar-refractivity contribution in [2.75, 3.05) is 6.54 Å². The van der Waals surface area contributed by atoms with E-state index in [0.717, 1.165) is 24.3 Å². The highest BCUT2D eigenvalue weighted by Crippen LogP contribution is 2.31. The number of hydrogen-bond acceptors (Lipinski definition) is 1. The lowest BCUT2D eigenvalue weighted by atomic mass is 9.74. The van der Waals surface area contributed by atoms with E-state index in [4.69, 9.17) is 0 Å². The molecule has 0 spiro atoms. The van der Waals surface area contributed by atoms with Crippen LogP contribution in [0.3, 0.4) is 0 Å². The van der Waals surface area contributed by atoms with Crippen LogP contribution >= 0.6 is 0 Å². The highest BCUT2D eigenvalue weighted by molar-refractivity contribution is 4.81. The van der Waals surface area contributed by atoms with E-state index in [-0.39, 0.29) is 0 Å². The number of nitrogens with one attached hydrogen (secondary N) is 1. The first kappa shape index (κ1) is 15.0. The summed E-state index contributed by atoms with van der Waals surface area (Å²) in [6.07, 6.45) is 3.94. The lowest BCUT2D eigenvalue weighted by Gasteiger charge is -2.35. The van der Waals surface area contributed by atoms with Gasteiger partial charge in [0, 0.05) is 6.04 Å². The summed E-state index contributed by atoms with van der Waals surface area (Å²) in [5.74, 6) is 2.56. The average molecular weight is 213 g/mol. The Labute approximate surface area is 97.0 Å². The van der Waals surface area contributed by atoms with Crippen molar-refractivity contribution in [3.05, 3.63) is 0 Å². The first-order valence-corrected chi connectivity index (χ1v) is 6.85. The Morgan fingerprint density at radius 2 is 1.40 bits per heavy atom. The van der Waals surface area contributed by atoms with Crippen molar-refractivity contribution in [1.29, 1.82) is 0 Å². The predicted octanol–water partition coefficient (Wildman–Crippen LogP) is 4.08. The van der Waals surface area contributed by atoms with Crippen LogP contribution in [-0.2, 0) is 0 Å². The van der Waals surface area contributed by atoms with Gasteiger partial charge in [0.25, 0.3) is 0 Å². The first-order chi connectivity index (χ1) is 7.12. The summed E-state index contributed by atoms with van der Waals surface area (Å²) in [6.45, 7) is 15.1. The van der Waals surface area contributed by atoms with Gasteiger partial charge in [-0.2, -0.15) is 0 Å². The Kier molecular flexibility index (Phi) is 8.13. The molecular formula is C14H31N. The third-order valence-corrected chi connectivity index (χ3v) is 4.00. The third-order valence-electron chi connectivity index (χ3n) is 4.00. The maximum Gasteiger partial charge on any atom is 0.00720 e. The van der Waals surface area contributed by atoms with Crippen LogP contribution in [-0.4, -0.2) is 12.6 Å². The van der Waals surface area contributed by atoms with E-state index in [2.05, 4.69) is 46.9 Å². The lowest BCUT2D eigenvalue weighted by Crippen LogP contribution is -2.40. The van der Waals surface area contributed by atoms with Crippen LogP contribution in [0, 0.1) is 17.8 Å². The van der Waals surface area contributed by atoms with Crippen LogP contribution < -0.4 is 5.32 Å². The van der Waals surface area contributed by atoms with Crippen molar-refractivity contribution in [2.24, 2.45) is 17.8 Å². The summed E-state index contributed by atoms with van der Waals surface area (Å²) in [5.41, 5.74) is 0.